The molecule has 1 aromatic carbocycles. The molecule has 1 aromatic heterocycles. The van der Waals surface area contributed by atoms with Crippen LogP contribution in [0.5, 0.6) is 0 Å². The van der Waals surface area contributed by atoms with Crippen molar-refractivity contribution in [2.45, 2.75) is 19.4 Å². The zero-order valence-corrected chi connectivity index (χ0v) is 12.5. The predicted molar refractivity (Wildman–Crippen MR) is 87.1 cm³/mol. The standard InChI is InChI=1S/C17H18N4O/c1-3-8-18-16-11-19-14(10-20-16)17(22)21-12(2)9-13-6-4-5-7-15(13)21/h3-7,10-12H,1,8-9H2,2H3,(H,18,20). The summed E-state index contributed by atoms with van der Waals surface area (Å²) in [5.74, 6) is 0.520. The fraction of sp³-hybridized carbons (Fsp3) is 0.235. The molecule has 1 N–H and O–H groups in total. The quantitative estimate of drug-likeness (QED) is 0.881. The molecule has 5 heteroatoms. The molecule has 0 saturated carbocycles. The van der Waals surface area contributed by atoms with E-state index in [0.717, 1.165) is 12.1 Å². The van der Waals surface area contributed by atoms with E-state index >= 15 is 0 Å². The van der Waals surface area contributed by atoms with E-state index in [-0.39, 0.29) is 11.9 Å². The van der Waals surface area contributed by atoms with Crippen LogP contribution in [-0.2, 0) is 6.42 Å². The molecule has 0 fully saturated rings. The van der Waals surface area contributed by atoms with Crippen molar-refractivity contribution in [3.8, 4) is 0 Å². The van der Waals surface area contributed by atoms with Gasteiger partial charge in [0, 0.05) is 18.3 Å². The number of amides is 1. The van der Waals surface area contributed by atoms with Crippen LogP contribution in [0.3, 0.4) is 0 Å². The first kappa shape index (κ1) is 14.3. The van der Waals surface area contributed by atoms with Crippen LogP contribution in [0, 0.1) is 0 Å². The Balaban J connectivity index is 1.83. The summed E-state index contributed by atoms with van der Waals surface area (Å²) in [5.41, 5.74) is 2.52. The molecule has 0 aliphatic carbocycles. The van der Waals surface area contributed by atoms with Gasteiger partial charge in [0.05, 0.1) is 12.4 Å². The van der Waals surface area contributed by atoms with Crippen LogP contribution < -0.4 is 10.2 Å². The zero-order chi connectivity index (χ0) is 15.5. The zero-order valence-electron chi connectivity index (χ0n) is 12.5. The minimum Gasteiger partial charge on any atom is -0.365 e. The number of nitrogens with zero attached hydrogens (tertiary/aromatic N) is 3. The van der Waals surface area contributed by atoms with E-state index < -0.39 is 0 Å². The lowest BCUT2D eigenvalue weighted by atomic mass is 10.1. The topological polar surface area (TPSA) is 58.1 Å². The van der Waals surface area contributed by atoms with Gasteiger partial charge in [0.25, 0.3) is 5.91 Å². The van der Waals surface area contributed by atoms with Crippen LogP contribution >= 0.6 is 0 Å². The number of aromatic nitrogens is 2. The average molecular weight is 294 g/mol. The van der Waals surface area contributed by atoms with Gasteiger partial charge in [-0.3, -0.25) is 4.79 Å². The number of benzene rings is 1. The van der Waals surface area contributed by atoms with Crippen molar-refractivity contribution in [3.63, 3.8) is 0 Å². The van der Waals surface area contributed by atoms with Gasteiger partial charge in [-0.15, -0.1) is 6.58 Å². The number of fused-ring (bicyclic) bond motifs is 1. The second-order valence-electron chi connectivity index (χ2n) is 5.31. The molecule has 0 spiro atoms. The van der Waals surface area contributed by atoms with Crippen LogP contribution in [0.4, 0.5) is 11.5 Å². The summed E-state index contributed by atoms with van der Waals surface area (Å²) in [6.45, 7) is 6.29. The van der Waals surface area contributed by atoms with Gasteiger partial charge < -0.3 is 10.2 Å². The summed E-state index contributed by atoms with van der Waals surface area (Å²) in [6, 6.07) is 8.12. The van der Waals surface area contributed by atoms with Crippen LogP contribution in [0.15, 0.2) is 49.3 Å². The lowest BCUT2D eigenvalue weighted by Gasteiger charge is -2.22. The monoisotopic (exact) mass is 294 g/mol. The van der Waals surface area contributed by atoms with Gasteiger partial charge in [-0.2, -0.15) is 0 Å². The fourth-order valence-electron chi connectivity index (χ4n) is 2.70. The van der Waals surface area contributed by atoms with Crippen molar-refractivity contribution >= 4 is 17.4 Å². The molecular weight excluding hydrogens is 276 g/mol. The number of anilines is 2. The number of hydrogen-bond acceptors (Lipinski definition) is 4. The Bertz CT molecular complexity index is 696. The van der Waals surface area contributed by atoms with E-state index in [1.807, 2.05) is 25.1 Å². The third kappa shape index (κ3) is 2.57. The lowest BCUT2D eigenvalue weighted by molar-refractivity contribution is 0.0976. The Hall–Kier alpha value is -2.69. The van der Waals surface area contributed by atoms with Crippen molar-refractivity contribution < 1.29 is 4.79 Å². The maximum absolute atomic E-state index is 12.7. The van der Waals surface area contributed by atoms with Gasteiger partial charge in [-0.1, -0.05) is 24.3 Å². The van der Waals surface area contributed by atoms with E-state index in [1.165, 1.54) is 11.8 Å². The molecule has 112 valence electrons. The number of carbonyl (C=O) groups is 1. The Kier molecular flexibility index (Phi) is 3.87. The van der Waals surface area contributed by atoms with Crippen molar-refractivity contribution in [2.24, 2.45) is 0 Å². The van der Waals surface area contributed by atoms with Crippen LogP contribution in [0.1, 0.15) is 23.0 Å². The van der Waals surface area contributed by atoms with E-state index in [1.54, 1.807) is 17.2 Å². The van der Waals surface area contributed by atoms with Crippen LogP contribution in [-0.4, -0.2) is 28.5 Å². The van der Waals surface area contributed by atoms with E-state index in [2.05, 4.69) is 27.9 Å². The smallest absolute Gasteiger partial charge is 0.278 e. The molecule has 22 heavy (non-hydrogen) atoms. The van der Waals surface area contributed by atoms with Gasteiger partial charge in [0.15, 0.2) is 0 Å². The summed E-state index contributed by atoms with van der Waals surface area (Å²) in [6.07, 6.45) is 5.70. The molecule has 1 unspecified atom stereocenters. The Labute approximate surface area is 129 Å². The average Bonchev–Trinajstić information content (AvgIpc) is 2.88. The normalized spacial score (nSPS) is 16.2. The van der Waals surface area contributed by atoms with E-state index in [4.69, 9.17) is 0 Å². The number of carbonyl (C=O) groups excluding carboxylic acids is 1. The maximum atomic E-state index is 12.7. The lowest BCUT2D eigenvalue weighted by Crippen LogP contribution is -2.36. The molecule has 0 bridgehead atoms. The van der Waals surface area contributed by atoms with Crippen molar-refractivity contribution in [1.29, 1.82) is 0 Å². The summed E-state index contributed by atoms with van der Waals surface area (Å²) >= 11 is 0. The molecule has 3 rings (SSSR count). The van der Waals surface area contributed by atoms with Gasteiger partial charge >= 0.3 is 0 Å². The molecule has 5 nitrogen and oxygen atoms in total. The predicted octanol–water partition coefficient (Wildman–Crippen LogP) is 2.67. The summed E-state index contributed by atoms with van der Waals surface area (Å²) in [7, 11) is 0. The molecular formula is C17H18N4O. The van der Waals surface area contributed by atoms with E-state index in [0.29, 0.717) is 18.1 Å². The molecule has 1 amide bonds. The summed E-state index contributed by atoms with van der Waals surface area (Å²) in [5, 5.41) is 3.04. The highest BCUT2D eigenvalue weighted by Crippen LogP contribution is 2.32. The Morgan fingerprint density at radius 2 is 2.23 bits per heavy atom. The first-order valence-electron chi connectivity index (χ1n) is 7.29. The van der Waals surface area contributed by atoms with Crippen molar-refractivity contribution in [1.82, 2.24) is 9.97 Å². The Morgan fingerprint density at radius 3 is 2.95 bits per heavy atom. The second kappa shape index (κ2) is 5.97. The van der Waals surface area contributed by atoms with Crippen molar-refractivity contribution in [2.75, 3.05) is 16.8 Å². The SMILES string of the molecule is C=CCNc1cnc(C(=O)N2c3ccccc3CC2C)cn1. The highest BCUT2D eigenvalue weighted by molar-refractivity contribution is 6.06. The van der Waals surface area contributed by atoms with Crippen molar-refractivity contribution in [3.05, 3.63) is 60.6 Å². The summed E-state index contributed by atoms with van der Waals surface area (Å²) in [4.78, 5) is 23.0. The second-order valence-corrected chi connectivity index (χ2v) is 5.31. The van der Waals surface area contributed by atoms with Gasteiger partial charge in [-0.25, -0.2) is 9.97 Å². The third-order valence-electron chi connectivity index (χ3n) is 3.72. The number of para-hydroxylation sites is 1. The minimum atomic E-state index is -0.111. The molecule has 1 atom stereocenters. The van der Waals surface area contributed by atoms with Crippen LogP contribution in [0.2, 0.25) is 0 Å². The number of hydrogen-bond donors (Lipinski definition) is 1. The third-order valence-corrected chi connectivity index (χ3v) is 3.72. The Morgan fingerprint density at radius 1 is 1.41 bits per heavy atom. The molecule has 1 aliphatic rings. The molecule has 0 saturated heterocycles. The number of rotatable bonds is 4. The highest BCUT2D eigenvalue weighted by atomic mass is 16.2. The van der Waals surface area contributed by atoms with E-state index in [9.17, 15) is 4.79 Å². The van der Waals surface area contributed by atoms with Gasteiger partial charge in [-0.05, 0) is 25.0 Å². The first-order valence-corrected chi connectivity index (χ1v) is 7.29. The van der Waals surface area contributed by atoms with Gasteiger partial charge in [0.1, 0.15) is 11.5 Å². The molecule has 1 aliphatic heterocycles. The van der Waals surface area contributed by atoms with Gasteiger partial charge in [0.2, 0.25) is 0 Å². The number of nitrogens with one attached hydrogen (secondary N) is 1. The molecule has 0 radical (unpaired) electrons. The molecule has 2 heterocycles. The fourth-order valence-corrected chi connectivity index (χ4v) is 2.70. The molecule has 2 aromatic rings. The minimum absolute atomic E-state index is 0.111. The summed E-state index contributed by atoms with van der Waals surface area (Å²) < 4.78 is 0. The maximum Gasteiger partial charge on any atom is 0.278 e. The van der Waals surface area contributed by atoms with Crippen LogP contribution in [0.25, 0.3) is 0 Å². The first-order chi connectivity index (χ1) is 10.7. The largest absolute Gasteiger partial charge is 0.365 e. The highest BCUT2D eigenvalue weighted by Gasteiger charge is 2.31.